The van der Waals surface area contributed by atoms with Crippen molar-refractivity contribution in [3.8, 4) is 0 Å². The average Bonchev–Trinajstić information content (AvgIpc) is 3.04. The molecule has 0 bridgehead atoms. The van der Waals surface area contributed by atoms with E-state index in [1.165, 1.54) is 0 Å². The smallest absolute Gasteiger partial charge is 0.308 e. The first-order chi connectivity index (χ1) is 10.4. The maximum absolute atomic E-state index is 12.6. The van der Waals surface area contributed by atoms with Crippen molar-refractivity contribution in [3.63, 3.8) is 0 Å². The van der Waals surface area contributed by atoms with E-state index in [2.05, 4.69) is 18.9 Å². The van der Waals surface area contributed by atoms with E-state index in [0.29, 0.717) is 18.3 Å². The van der Waals surface area contributed by atoms with Gasteiger partial charge in [-0.25, -0.2) is 0 Å². The lowest BCUT2D eigenvalue weighted by atomic mass is 9.99. The van der Waals surface area contributed by atoms with Gasteiger partial charge in [0.25, 0.3) is 5.91 Å². The molecule has 2 heterocycles. The van der Waals surface area contributed by atoms with Gasteiger partial charge < -0.3 is 10.0 Å². The summed E-state index contributed by atoms with van der Waals surface area (Å²) in [5.41, 5.74) is 1.39. The van der Waals surface area contributed by atoms with Crippen LogP contribution in [0.3, 0.4) is 0 Å². The van der Waals surface area contributed by atoms with E-state index in [4.69, 9.17) is 0 Å². The predicted octanol–water partition coefficient (Wildman–Crippen LogP) is 2.35. The highest BCUT2D eigenvalue weighted by molar-refractivity contribution is 5.93. The summed E-state index contributed by atoms with van der Waals surface area (Å²) in [6.45, 7) is 8.79. The molecule has 0 aromatic carbocycles. The third-order valence-electron chi connectivity index (χ3n) is 4.65. The molecule has 1 saturated heterocycles. The number of amides is 1. The van der Waals surface area contributed by atoms with Crippen LogP contribution in [0.25, 0.3) is 0 Å². The molecule has 0 saturated carbocycles. The number of hydrogen-bond donors (Lipinski definition) is 1. The van der Waals surface area contributed by atoms with Crippen LogP contribution in [0.15, 0.2) is 6.07 Å². The maximum Gasteiger partial charge on any atom is 0.308 e. The summed E-state index contributed by atoms with van der Waals surface area (Å²) in [7, 11) is 0. The Balaban J connectivity index is 2.17. The summed E-state index contributed by atoms with van der Waals surface area (Å²) in [4.78, 5) is 25.4. The lowest BCUT2D eigenvalue weighted by molar-refractivity contribution is -0.142. The van der Waals surface area contributed by atoms with Crippen LogP contribution in [0.4, 0.5) is 0 Å². The number of carboxylic acid groups (broad SMARTS) is 1. The number of aryl methyl sites for hydroxylation is 1. The molecule has 1 amide bonds. The van der Waals surface area contributed by atoms with Gasteiger partial charge in [-0.05, 0) is 31.7 Å². The largest absolute Gasteiger partial charge is 0.481 e. The molecule has 1 N–H and O–H groups in total. The van der Waals surface area contributed by atoms with E-state index in [1.54, 1.807) is 11.0 Å². The second-order valence-electron chi connectivity index (χ2n) is 6.22. The predicted molar refractivity (Wildman–Crippen MR) is 82.8 cm³/mol. The van der Waals surface area contributed by atoms with Gasteiger partial charge in [0.2, 0.25) is 0 Å². The van der Waals surface area contributed by atoms with Crippen LogP contribution in [-0.2, 0) is 4.79 Å². The van der Waals surface area contributed by atoms with Crippen molar-refractivity contribution in [1.82, 2.24) is 14.7 Å². The minimum atomic E-state index is -0.832. The highest BCUT2D eigenvalue weighted by Crippen LogP contribution is 2.25. The summed E-state index contributed by atoms with van der Waals surface area (Å²) < 4.78 is 1.92. The van der Waals surface area contributed by atoms with E-state index >= 15 is 0 Å². The SMILES string of the molecule is CCC(CC)n1nc(C(=O)N2C[C@@H](C)[C@H](C(=O)O)C2)cc1C. The van der Waals surface area contributed by atoms with Crippen LogP contribution >= 0.6 is 0 Å². The zero-order valence-electron chi connectivity index (χ0n) is 13.7. The third kappa shape index (κ3) is 3.00. The van der Waals surface area contributed by atoms with Gasteiger partial charge in [-0.15, -0.1) is 0 Å². The Kier molecular flexibility index (Phi) is 4.88. The first kappa shape index (κ1) is 16.5. The van der Waals surface area contributed by atoms with E-state index in [-0.39, 0.29) is 18.4 Å². The van der Waals surface area contributed by atoms with E-state index in [0.717, 1.165) is 18.5 Å². The fourth-order valence-corrected chi connectivity index (χ4v) is 3.21. The summed E-state index contributed by atoms with van der Waals surface area (Å²) in [5.74, 6) is -1.50. The zero-order valence-corrected chi connectivity index (χ0v) is 13.7. The molecule has 2 atom stereocenters. The molecular weight excluding hydrogens is 282 g/mol. The molecule has 0 spiro atoms. The first-order valence-electron chi connectivity index (χ1n) is 7.97. The Bertz CT molecular complexity index is 563. The van der Waals surface area contributed by atoms with Gasteiger partial charge in [-0.1, -0.05) is 20.8 Å². The topological polar surface area (TPSA) is 75.4 Å². The van der Waals surface area contributed by atoms with Gasteiger partial charge in [0, 0.05) is 18.8 Å². The number of aromatic nitrogens is 2. The molecular formula is C16H25N3O3. The van der Waals surface area contributed by atoms with Gasteiger partial charge in [0.1, 0.15) is 0 Å². The number of aliphatic carboxylic acids is 1. The first-order valence-corrected chi connectivity index (χ1v) is 7.97. The lowest BCUT2D eigenvalue weighted by Gasteiger charge is -2.16. The fraction of sp³-hybridized carbons (Fsp3) is 0.688. The molecule has 22 heavy (non-hydrogen) atoms. The second-order valence-corrected chi connectivity index (χ2v) is 6.22. The van der Waals surface area contributed by atoms with Gasteiger partial charge in [-0.2, -0.15) is 5.10 Å². The van der Waals surface area contributed by atoms with Crippen molar-refractivity contribution in [2.75, 3.05) is 13.1 Å². The van der Waals surface area contributed by atoms with Gasteiger partial charge >= 0.3 is 5.97 Å². The quantitative estimate of drug-likeness (QED) is 0.906. The molecule has 1 aromatic rings. The number of carbonyl (C=O) groups is 2. The monoisotopic (exact) mass is 307 g/mol. The van der Waals surface area contributed by atoms with Gasteiger partial charge in [-0.3, -0.25) is 14.3 Å². The van der Waals surface area contributed by atoms with E-state index < -0.39 is 11.9 Å². The van der Waals surface area contributed by atoms with Crippen molar-refractivity contribution in [2.45, 2.75) is 46.6 Å². The Morgan fingerprint density at radius 1 is 1.36 bits per heavy atom. The zero-order chi connectivity index (χ0) is 16.4. The molecule has 1 aromatic heterocycles. The van der Waals surface area contributed by atoms with Crippen LogP contribution in [0, 0.1) is 18.8 Å². The molecule has 122 valence electrons. The second kappa shape index (κ2) is 6.50. The molecule has 0 radical (unpaired) electrons. The van der Waals surface area contributed by atoms with Crippen LogP contribution in [0.1, 0.15) is 55.8 Å². The van der Waals surface area contributed by atoms with Crippen molar-refractivity contribution in [3.05, 3.63) is 17.5 Å². The third-order valence-corrected chi connectivity index (χ3v) is 4.65. The van der Waals surface area contributed by atoms with Crippen LogP contribution in [0.5, 0.6) is 0 Å². The molecule has 1 fully saturated rings. The molecule has 1 aliphatic rings. The Hall–Kier alpha value is -1.85. The highest BCUT2D eigenvalue weighted by atomic mass is 16.4. The number of hydrogen-bond acceptors (Lipinski definition) is 3. The minimum Gasteiger partial charge on any atom is -0.481 e. The minimum absolute atomic E-state index is 0.0244. The van der Waals surface area contributed by atoms with E-state index in [1.807, 2.05) is 18.5 Å². The van der Waals surface area contributed by atoms with Crippen molar-refractivity contribution in [2.24, 2.45) is 11.8 Å². The Morgan fingerprint density at radius 2 is 2.00 bits per heavy atom. The standard InChI is InChI=1S/C16H25N3O3/c1-5-12(6-2)19-11(4)7-14(17-19)15(20)18-8-10(3)13(9-18)16(21)22/h7,10,12-13H,5-6,8-9H2,1-4H3,(H,21,22)/t10-,13-/m1/s1. The summed E-state index contributed by atoms with van der Waals surface area (Å²) in [6, 6.07) is 2.10. The van der Waals surface area contributed by atoms with Crippen molar-refractivity contribution < 1.29 is 14.7 Å². The average molecular weight is 307 g/mol. The van der Waals surface area contributed by atoms with Crippen LogP contribution < -0.4 is 0 Å². The maximum atomic E-state index is 12.6. The van der Waals surface area contributed by atoms with Crippen LogP contribution in [-0.4, -0.2) is 44.8 Å². The van der Waals surface area contributed by atoms with Gasteiger partial charge in [0.05, 0.1) is 12.0 Å². The molecule has 6 nitrogen and oxygen atoms in total. The molecule has 0 unspecified atom stereocenters. The molecule has 6 heteroatoms. The number of nitrogens with zero attached hydrogens (tertiary/aromatic N) is 3. The number of likely N-dealkylation sites (tertiary alicyclic amines) is 1. The molecule has 1 aliphatic heterocycles. The number of rotatable bonds is 5. The van der Waals surface area contributed by atoms with E-state index in [9.17, 15) is 14.7 Å². The Labute approximate surface area is 131 Å². The highest BCUT2D eigenvalue weighted by Gasteiger charge is 2.37. The Morgan fingerprint density at radius 3 is 2.50 bits per heavy atom. The number of carbonyl (C=O) groups excluding carboxylic acids is 1. The summed E-state index contributed by atoms with van der Waals surface area (Å²) in [6.07, 6.45) is 1.93. The van der Waals surface area contributed by atoms with Crippen LogP contribution in [0.2, 0.25) is 0 Å². The summed E-state index contributed by atoms with van der Waals surface area (Å²) in [5, 5.41) is 13.7. The molecule has 0 aliphatic carbocycles. The molecule has 2 rings (SSSR count). The normalized spacial score (nSPS) is 21.6. The number of carboxylic acids is 1. The summed E-state index contributed by atoms with van der Waals surface area (Å²) >= 11 is 0. The van der Waals surface area contributed by atoms with Crippen molar-refractivity contribution in [1.29, 1.82) is 0 Å². The lowest BCUT2D eigenvalue weighted by Crippen LogP contribution is -2.30. The van der Waals surface area contributed by atoms with Crippen molar-refractivity contribution >= 4 is 11.9 Å². The fourth-order valence-electron chi connectivity index (χ4n) is 3.21. The van der Waals surface area contributed by atoms with Gasteiger partial charge in [0.15, 0.2) is 5.69 Å².